The summed E-state index contributed by atoms with van der Waals surface area (Å²) >= 11 is 1.48. The number of thiazole rings is 1. The molecule has 4 rings (SSSR count). The lowest BCUT2D eigenvalue weighted by Gasteiger charge is -2.28. The SMILES string of the molecule is CCOc1ccc2nc(N(CCCN3CCOCC3)C(=O)c3cc(OC)c(OC)c(OC)c3)sc2c1. The van der Waals surface area contributed by atoms with E-state index in [0.29, 0.717) is 41.1 Å². The maximum Gasteiger partial charge on any atom is 0.260 e. The minimum Gasteiger partial charge on any atom is -0.494 e. The summed E-state index contributed by atoms with van der Waals surface area (Å²) in [6.07, 6.45) is 0.802. The van der Waals surface area contributed by atoms with Crippen LogP contribution in [0.15, 0.2) is 30.3 Å². The number of benzene rings is 2. The highest BCUT2D eigenvalue weighted by Crippen LogP contribution is 2.39. The van der Waals surface area contributed by atoms with Gasteiger partial charge in [0.2, 0.25) is 5.75 Å². The average Bonchev–Trinajstić information content (AvgIpc) is 3.33. The summed E-state index contributed by atoms with van der Waals surface area (Å²) in [5, 5.41) is 0.638. The summed E-state index contributed by atoms with van der Waals surface area (Å²) < 4.78 is 28.5. The van der Waals surface area contributed by atoms with E-state index < -0.39 is 0 Å². The zero-order chi connectivity index (χ0) is 25.5. The molecule has 0 unspecified atom stereocenters. The van der Waals surface area contributed by atoms with Gasteiger partial charge in [0.05, 0.1) is 51.4 Å². The van der Waals surface area contributed by atoms with E-state index in [9.17, 15) is 4.79 Å². The number of hydrogen-bond acceptors (Lipinski definition) is 9. The fourth-order valence-electron chi connectivity index (χ4n) is 4.19. The van der Waals surface area contributed by atoms with E-state index in [1.54, 1.807) is 17.0 Å². The molecular formula is C26H33N3O6S. The van der Waals surface area contributed by atoms with E-state index >= 15 is 0 Å². The molecule has 9 nitrogen and oxygen atoms in total. The van der Waals surface area contributed by atoms with E-state index in [2.05, 4.69) is 4.90 Å². The second-order valence-electron chi connectivity index (χ2n) is 8.24. The fraction of sp³-hybridized carbons (Fsp3) is 0.462. The smallest absolute Gasteiger partial charge is 0.260 e. The van der Waals surface area contributed by atoms with Crippen molar-refractivity contribution in [1.82, 2.24) is 9.88 Å². The first-order valence-corrected chi connectivity index (χ1v) is 12.8. The molecule has 10 heteroatoms. The summed E-state index contributed by atoms with van der Waals surface area (Å²) in [5.41, 5.74) is 1.26. The van der Waals surface area contributed by atoms with Gasteiger partial charge in [-0.05, 0) is 43.7 Å². The minimum atomic E-state index is -0.180. The number of carbonyl (C=O) groups is 1. The molecule has 3 aromatic rings. The molecule has 1 aliphatic heterocycles. The minimum absolute atomic E-state index is 0.180. The molecule has 194 valence electrons. The van der Waals surface area contributed by atoms with Crippen molar-refractivity contribution in [2.75, 3.05) is 72.2 Å². The van der Waals surface area contributed by atoms with E-state index in [1.165, 1.54) is 32.7 Å². The Morgan fingerprint density at radius 2 is 1.81 bits per heavy atom. The van der Waals surface area contributed by atoms with Gasteiger partial charge in [0.15, 0.2) is 16.6 Å². The summed E-state index contributed by atoms with van der Waals surface area (Å²) in [7, 11) is 4.61. The van der Waals surface area contributed by atoms with Crippen molar-refractivity contribution in [2.45, 2.75) is 13.3 Å². The molecule has 0 spiro atoms. The molecule has 1 aromatic heterocycles. The molecule has 0 atom stereocenters. The maximum absolute atomic E-state index is 13.9. The molecule has 0 aliphatic carbocycles. The number of morpholine rings is 1. The molecule has 0 radical (unpaired) electrons. The Balaban J connectivity index is 1.65. The van der Waals surface area contributed by atoms with Crippen LogP contribution in [0.1, 0.15) is 23.7 Å². The Bertz CT molecular complexity index is 1150. The molecule has 36 heavy (non-hydrogen) atoms. The highest BCUT2D eigenvalue weighted by atomic mass is 32.1. The molecule has 1 amide bonds. The number of rotatable bonds is 11. The molecule has 0 bridgehead atoms. The van der Waals surface area contributed by atoms with Gasteiger partial charge in [-0.1, -0.05) is 11.3 Å². The molecule has 1 saturated heterocycles. The number of methoxy groups -OCH3 is 3. The summed E-state index contributed by atoms with van der Waals surface area (Å²) in [6, 6.07) is 9.16. The number of fused-ring (bicyclic) bond motifs is 1. The lowest BCUT2D eigenvalue weighted by atomic mass is 10.1. The predicted molar refractivity (Wildman–Crippen MR) is 140 cm³/mol. The Morgan fingerprint density at radius 1 is 1.08 bits per heavy atom. The first-order chi connectivity index (χ1) is 17.6. The summed E-state index contributed by atoms with van der Waals surface area (Å²) in [4.78, 5) is 22.8. The molecule has 0 saturated carbocycles. The largest absolute Gasteiger partial charge is 0.494 e. The van der Waals surface area contributed by atoms with Gasteiger partial charge in [-0.3, -0.25) is 14.6 Å². The first kappa shape index (κ1) is 26.0. The van der Waals surface area contributed by atoms with E-state index in [-0.39, 0.29) is 5.91 Å². The van der Waals surface area contributed by atoms with E-state index in [4.69, 9.17) is 28.7 Å². The van der Waals surface area contributed by atoms with Crippen LogP contribution < -0.4 is 23.8 Å². The van der Waals surface area contributed by atoms with Crippen LogP contribution in [0.5, 0.6) is 23.0 Å². The van der Waals surface area contributed by atoms with E-state index in [0.717, 1.165) is 55.2 Å². The Labute approximate surface area is 215 Å². The summed E-state index contributed by atoms with van der Waals surface area (Å²) in [6.45, 7) is 7.23. The second-order valence-corrected chi connectivity index (χ2v) is 9.25. The molecule has 2 heterocycles. The van der Waals surface area contributed by atoms with Gasteiger partial charge >= 0.3 is 0 Å². The number of anilines is 1. The van der Waals surface area contributed by atoms with Gasteiger partial charge in [0.1, 0.15) is 5.75 Å². The number of carbonyl (C=O) groups excluding carboxylic acids is 1. The number of nitrogens with zero attached hydrogens (tertiary/aromatic N) is 3. The fourth-order valence-corrected chi connectivity index (χ4v) is 5.20. The third-order valence-corrected chi connectivity index (χ3v) is 7.05. The molecular weight excluding hydrogens is 482 g/mol. The lowest BCUT2D eigenvalue weighted by Crippen LogP contribution is -2.39. The van der Waals surface area contributed by atoms with Crippen LogP contribution in [0, 0.1) is 0 Å². The van der Waals surface area contributed by atoms with Crippen LogP contribution >= 0.6 is 11.3 Å². The summed E-state index contributed by atoms with van der Waals surface area (Å²) in [5.74, 6) is 1.91. The topological polar surface area (TPSA) is 82.6 Å². The van der Waals surface area contributed by atoms with Crippen molar-refractivity contribution in [3.8, 4) is 23.0 Å². The first-order valence-electron chi connectivity index (χ1n) is 12.0. The van der Waals surface area contributed by atoms with Crippen molar-refractivity contribution >= 4 is 32.6 Å². The monoisotopic (exact) mass is 515 g/mol. The van der Waals surface area contributed by atoms with Crippen molar-refractivity contribution in [2.24, 2.45) is 0 Å². The zero-order valence-corrected chi connectivity index (χ0v) is 22.1. The standard InChI is InChI=1S/C26H33N3O6S/c1-5-35-19-7-8-20-23(17-19)36-26(27-20)29(10-6-9-28-11-13-34-14-12-28)25(30)18-15-21(31-2)24(33-4)22(16-18)32-3/h7-8,15-17H,5-6,9-14H2,1-4H3. The molecule has 0 N–H and O–H groups in total. The Kier molecular flexibility index (Phi) is 8.84. The predicted octanol–water partition coefficient (Wildman–Crippen LogP) is 4.09. The third-order valence-electron chi connectivity index (χ3n) is 6.01. The maximum atomic E-state index is 13.9. The van der Waals surface area contributed by atoms with Crippen molar-refractivity contribution in [3.05, 3.63) is 35.9 Å². The Hall–Kier alpha value is -3.08. The number of hydrogen-bond donors (Lipinski definition) is 0. The van der Waals surface area contributed by atoms with Gasteiger partial charge in [0.25, 0.3) is 5.91 Å². The quantitative estimate of drug-likeness (QED) is 0.378. The van der Waals surface area contributed by atoms with Crippen LogP contribution in [-0.4, -0.2) is 83.1 Å². The van der Waals surface area contributed by atoms with Gasteiger partial charge in [-0.15, -0.1) is 0 Å². The number of amides is 1. The van der Waals surface area contributed by atoms with Crippen LogP contribution in [-0.2, 0) is 4.74 Å². The van der Waals surface area contributed by atoms with Gasteiger partial charge < -0.3 is 23.7 Å². The molecule has 2 aromatic carbocycles. The average molecular weight is 516 g/mol. The van der Waals surface area contributed by atoms with Crippen LogP contribution in [0.25, 0.3) is 10.2 Å². The van der Waals surface area contributed by atoms with E-state index in [1.807, 2.05) is 25.1 Å². The highest BCUT2D eigenvalue weighted by molar-refractivity contribution is 7.22. The number of aromatic nitrogens is 1. The number of ether oxygens (including phenoxy) is 5. The normalized spacial score (nSPS) is 14.0. The van der Waals surface area contributed by atoms with Gasteiger partial charge in [-0.2, -0.15) is 0 Å². The van der Waals surface area contributed by atoms with Crippen molar-refractivity contribution in [1.29, 1.82) is 0 Å². The third kappa shape index (κ3) is 5.83. The van der Waals surface area contributed by atoms with Crippen LogP contribution in [0.2, 0.25) is 0 Å². The van der Waals surface area contributed by atoms with Crippen molar-refractivity contribution in [3.63, 3.8) is 0 Å². The Morgan fingerprint density at radius 3 is 2.44 bits per heavy atom. The lowest BCUT2D eigenvalue weighted by molar-refractivity contribution is 0.0376. The zero-order valence-electron chi connectivity index (χ0n) is 21.2. The van der Waals surface area contributed by atoms with Crippen molar-refractivity contribution < 1.29 is 28.5 Å². The molecule has 1 fully saturated rings. The highest BCUT2D eigenvalue weighted by Gasteiger charge is 2.25. The van der Waals surface area contributed by atoms with Gasteiger partial charge in [0, 0.05) is 31.7 Å². The second kappa shape index (κ2) is 12.2. The molecule has 1 aliphatic rings. The van der Waals surface area contributed by atoms with Crippen LogP contribution in [0.4, 0.5) is 5.13 Å². The van der Waals surface area contributed by atoms with Crippen LogP contribution in [0.3, 0.4) is 0 Å². The van der Waals surface area contributed by atoms with Gasteiger partial charge in [-0.25, -0.2) is 4.98 Å².